The van der Waals surface area contributed by atoms with Crippen molar-refractivity contribution in [1.82, 2.24) is 10.2 Å². The number of anilines is 2. The van der Waals surface area contributed by atoms with Crippen molar-refractivity contribution in [2.75, 3.05) is 10.6 Å². The van der Waals surface area contributed by atoms with E-state index >= 15 is 0 Å². The Morgan fingerprint density at radius 1 is 1.11 bits per heavy atom. The van der Waals surface area contributed by atoms with Gasteiger partial charge in [-0.2, -0.15) is 0 Å². The lowest BCUT2D eigenvalue weighted by atomic mass is 9.98. The summed E-state index contributed by atoms with van der Waals surface area (Å²) in [4.78, 5) is 12.1. The molecule has 2 aromatic carbocycles. The maximum atomic E-state index is 12.1. The zero-order chi connectivity index (χ0) is 19.9. The van der Waals surface area contributed by atoms with E-state index in [1.165, 1.54) is 16.9 Å². The van der Waals surface area contributed by atoms with Gasteiger partial charge in [0.25, 0.3) is 0 Å². The lowest BCUT2D eigenvalue weighted by molar-refractivity contribution is 0.262. The maximum Gasteiger partial charge on any atom is 0.325 e. The number of nitrogens with zero attached hydrogens (tertiary/aromatic N) is 2. The molecule has 7 heteroatoms. The number of urea groups is 1. The first-order valence-corrected chi connectivity index (χ1v) is 10.1. The highest BCUT2D eigenvalue weighted by Crippen LogP contribution is 2.29. The van der Waals surface area contributed by atoms with Crippen LogP contribution in [0.3, 0.4) is 0 Å². The van der Waals surface area contributed by atoms with Gasteiger partial charge in [0.1, 0.15) is 12.4 Å². The predicted octanol–water partition coefficient (Wildman–Crippen LogP) is 5.58. The molecular formula is C21H24N4O2S. The molecule has 2 N–H and O–H groups in total. The van der Waals surface area contributed by atoms with Crippen LogP contribution in [0, 0.1) is 6.92 Å². The third-order valence-corrected chi connectivity index (χ3v) is 5.22. The molecule has 1 atom stereocenters. The molecule has 0 saturated carbocycles. The number of aryl methyl sites for hydroxylation is 1. The van der Waals surface area contributed by atoms with Crippen molar-refractivity contribution in [2.45, 2.75) is 39.7 Å². The summed E-state index contributed by atoms with van der Waals surface area (Å²) in [6.45, 7) is 6.65. The second-order valence-corrected chi connectivity index (χ2v) is 7.64. The van der Waals surface area contributed by atoms with Gasteiger partial charge < -0.3 is 10.1 Å². The van der Waals surface area contributed by atoms with Gasteiger partial charge in [0.05, 0.1) is 0 Å². The smallest absolute Gasteiger partial charge is 0.325 e. The number of carbonyl (C=O) groups is 1. The van der Waals surface area contributed by atoms with Gasteiger partial charge in [-0.15, -0.1) is 10.2 Å². The number of aromatic nitrogens is 2. The summed E-state index contributed by atoms with van der Waals surface area (Å²) in [6.07, 6.45) is 1.04. The molecule has 0 fully saturated rings. The maximum absolute atomic E-state index is 12.1. The van der Waals surface area contributed by atoms with Crippen LogP contribution in [0.5, 0.6) is 5.75 Å². The van der Waals surface area contributed by atoms with E-state index in [2.05, 4.69) is 40.7 Å². The Balaban J connectivity index is 1.56. The molecule has 0 aliphatic carbocycles. The normalized spacial score (nSPS) is 11.7. The molecule has 1 aromatic heterocycles. The van der Waals surface area contributed by atoms with E-state index in [1.54, 1.807) is 0 Å². The highest BCUT2D eigenvalue weighted by atomic mass is 32.1. The van der Waals surface area contributed by atoms with Crippen LogP contribution in [0.15, 0.2) is 48.5 Å². The Morgan fingerprint density at radius 3 is 2.61 bits per heavy atom. The van der Waals surface area contributed by atoms with Crippen molar-refractivity contribution >= 4 is 28.2 Å². The second kappa shape index (κ2) is 9.32. The largest absolute Gasteiger partial charge is 0.486 e. The molecule has 0 spiro atoms. The number of hydrogen-bond donors (Lipinski definition) is 2. The highest BCUT2D eigenvalue weighted by Gasteiger charge is 2.12. The van der Waals surface area contributed by atoms with Gasteiger partial charge in [0.2, 0.25) is 5.13 Å². The molecule has 0 radical (unpaired) electrons. The molecule has 3 aromatic rings. The van der Waals surface area contributed by atoms with Crippen molar-refractivity contribution in [3.8, 4) is 5.75 Å². The minimum absolute atomic E-state index is 0.312. The second-order valence-electron chi connectivity index (χ2n) is 6.58. The molecule has 0 aliphatic heterocycles. The molecule has 3 rings (SSSR count). The third kappa shape index (κ3) is 5.29. The van der Waals surface area contributed by atoms with Crippen LogP contribution in [0.25, 0.3) is 0 Å². The van der Waals surface area contributed by atoms with Gasteiger partial charge >= 0.3 is 6.03 Å². The average Bonchev–Trinajstić information content (AvgIpc) is 3.15. The SMILES string of the molecule is CCC(C)c1ccccc1OCc1nnc(NC(=O)Nc2ccc(C)cc2)s1. The van der Waals surface area contributed by atoms with Crippen LogP contribution < -0.4 is 15.4 Å². The molecule has 0 aliphatic rings. The molecule has 146 valence electrons. The number of hydrogen-bond acceptors (Lipinski definition) is 5. The van der Waals surface area contributed by atoms with Gasteiger partial charge in [0.15, 0.2) is 5.01 Å². The van der Waals surface area contributed by atoms with E-state index < -0.39 is 0 Å². The van der Waals surface area contributed by atoms with E-state index in [0.717, 1.165) is 23.4 Å². The Labute approximate surface area is 169 Å². The predicted molar refractivity (Wildman–Crippen MR) is 113 cm³/mol. The van der Waals surface area contributed by atoms with Crippen LogP contribution in [0.1, 0.15) is 42.3 Å². The minimum atomic E-state index is -0.352. The van der Waals surface area contributed by atoms with E-state index in [0.29, 0.717) is 22.7 Å². The fourth-order valence-corrected chi connectivity index (χ4v) is 3.29. The van der Waals surface area contributed by atoms with E-state index in [4.69, 9.17) is 4.74 Å². The molecule has 0 saturated heterocycles. The van der Waals surface area contributed by atoms with E-state index in [-0.39, 0.29) is 6.03 Å². The summed E-state index contributed by atoms with van der Waals surface area (Å²) in [6, 6.07) is 15.3. The van der Waals surface area contributed by atoms with Crippen molar-refractivity contribution in [1.29, 1.82) is 0 Å². The first-order chi connectivity index (χ1) is 13.5. The van der Waals surface area contributed by atoms with Crippen molar-refractivity contribution < 1.29 is 9.53 Å². The van der Waals surface area contributed by atoms with Gasteiger partial charge in [-0.3, -0.25) is 5.32 Å². The summed E-state index contributed by atoms with van der Waals surface area (Å²) in [5.74, 6) is 1.28. The Bertz CT molecular complexity index is 924. The number of amides is 2. The first kappa shape index (κ1) is 19.8. The summed E-state index contributed by atoms with van der Waals surface area (Å²) < 4.78 is 5.95. The summed E-state index contributed by atoms with van der Waals surface area (Å²) >= 11 is 1.29. The van der Waals surface area contributed by atoms with Crippen LogP contribution in [-0.2, 0) is 6.61 Å². The zero-order valence-electron chi connectivity index (χ0n) is 16.2. The Kier molecular flexibility index (Phi) is 6.60. The monoisotopic (exact) mass is 396 g/mol. The number of nitrogens with one attached hydrogen (secondary N) is 2. The molecule has 0 bridgehead atoms. The summed E-state index contributed by atoms with van der Waals surface area (Å²) in [7, 11) is 0. The first-order valence-electron chi connectivity index (χ1n) is 9.24. The van der Waals surface area contributed by atoms with Crippen LogP contribution >= 0.6 is 11.3 Å². The van der Waals surface area contributed by atoms with Gasteiger partial charge in [-0.05, 0) is 43.0 Å². The van der Waals surface area contributed by atoms with Crippen LogP contribution in [-0.4, -0.2) is 16.2 Å². The van der Waals surface area contributed by atoms with Crippen LogP contribution in [0.2, 0.25) is 0 Å². The average molecular weight is 397 g/mol. The quantitative estimate of drug-likeness (QED) is 0.546. The standard InChI is InChI=1S/C21H24N4O2S/c1-4-15(3)17-7-5-6-8-18(17)27-13-19-24-25-21(28-19)23-20(26)22-16-11-9-14(2)10-12-16/h5-12,15H,4,13H2,1-3H3,(H2,22,23,25,26). The third-order valence-electron chi connectivity index (χ3n) is 4.41. The molecule has 1 unspecified atom stereocenters. The van der Waals surface area contributed by atoms with E-state index in [9.17, 15) is 4.79 Å². The van der Waals surface area contributed by atoms with Crippen molar-refractivity contribution in [2.24, 2.45) is 0 Å². The molecule has 6 nitrogen and oxygen atoms in total. The molecule has 2 amide bonds. The number of para-hydroxylation sites is 1. The zero-order valence-corrected chi connectivity index (χ0v) is 17.0. The van der Waals surface area contributed by atoms with Crippen LogP contribution in [0.4, 0.5) is 15.6 Å². The lowest BCUT2D eigenvalue weighted by Gasteiger charge is -2.14. The van der Waals surface area contributed by atoms with Gasteiger partial charge in [-0.25, -0.2) is 4.79 Å². The molecule has 1 heterocycles. The highest BCUT2D eigenvalue weighted by molar-refractivity contribution is 7.15. The van der Waals surface area contributed by atoms with Crippen molar-refractivity contribution in [3.63, 3.8) is 0 Å². The number of carbonyl (C=O) groups excluding carboxylic acids is 1. The van der Waals surface area contributed by atoms with Crippen molar-refractivity contribution in [3.05, 3.63) is 64.7 Å². The molecule has 28 heavy (non-hydrogen) atoms. The van der Waals surface area contributed by atoms with E-state index in [1.807, 2.05) is 49.4 Å². The van der Waals surface area contributed by atoms with Gasteiger partial charge in [0, 0.05) is 5.69 Å². The minimum Gasteiger partial charge on any atom is -0.486 e. The summed E-state index contributed by atoms with van der Waals surface area (Å²) in [5.41, 5.74) is 3.04. The molecular weight excluding hydrogens is 372 g/mol. The number of rotatable bonds is 7. The fourth-order valence-electron chi connectivity index (χ4n) is 2.64. The van der Waals surface area contributed by atoms with Gasteiger partial charge in [-0.1, -0.05) is 61.1 Å². The number of ether oxygens (including phenoxy) is 1. The Morgan fingerprint density at radius 2 is 1.86 bits per heavy atom. The summed E-state index contributed by atoms with van der Waals surface area (Å²) in [5, 5.41) is 14.7. The number of benzene rings is 2. The lowest BCUT2D eigenvalue weighted by Crippen LogP contribution is -2.19. The Hall–Kier alpha value is -2.93. The topological polar surface area (TPSA) is 76.1 Å². The fraction of sp³-hybridized carbons (Fsp3) is 0.286.